The molecule has 3 heterocycles. The Balaban J connectivity index is 1.28. The Labute approximate surface area is 201 Å². The van der Waals surface area contributed by atoms with E-state index in [9.17, 15) is 9.59 Å². The number of allylic oxidation sites excluding steroid dienone is 1. The third kappa shape index (κ3) is 3.58. The molecule has 4 unspecified atom stereocenters. The maximum Gasteiger partial charge on any atom is 0.253 e. The van der Waals surface area contributed by atoms with Crippen molar-refractivity contribution in [1.82, 2.24) is 25.2 Å². The lowest BCUT2D eigenvalue weighted by atomic mass is 9.90. The van der Waals surface area contributed by atoms with Crippen LogP contribution in [0.1, 0.15) is 16.8 Å². The Kier molecular flexibility index (Phi) is 5.34. The van der Waals surface area contributed by atoms with Gasteiger partial charge >= 0.3 is 0 Å². The number of nitrogens with one attached hydrogen (secondary N) is 3. The van der Waals surface area contributed by atoms with E-state index >= 15 is 0 Å². The molecule has 0 radical (unpaired) electrons. The van der Waals surface area contributed by atoms with E-state index in [1.807, 2.05) is 29.2 Å². The van der Waals surface area contributed by atoms with Crippen LogP contribution in [0.15, 0.2) is 42.6 Å². The summed E-state index contributed by atoms with van der Waals surface area (Å²) >= 11 is 6.53. The number of benzene rings is 1. The summed E-state index contributed by atoms with van der Waals surface area (Å²) in [6.07, 6.45) is 7.97. The van der Waals surface area contributed by atoms with Crippen LogP contribution < -0.4 is 10.6 Å². The summed E-state index contributed by atoms with van der Waals surface area (Å²) in [5, 5.41) is 7.27. The number of fused-ring (bicyclic) bond motifs is 3. The number of carbonyl (C=O) groups excluding carboxylic acids is 2. The number of rotatable bonds is 5. The number of H-pyrrole nitrogens is 1. The second-order valence-electron chi connectivity index (χ2n) is 9.22. The van der Waals surface area contributed by atoms with Gasteiger partial charge in [0.25, 0.3) is 5.91 Å². The molecular formula is C25H25ClN6O2. The van der Waals surface area contributed by atoms with Crippen LogP contribution in [0.2, 0.25) is 5.02 Å². The summed E-state index contributed by atoms with van der Waals surface area (Å²) in [6, 6.07) is 7.46. The van der Waals surface area contributed by atoms with Crippen LogP contribution in [0.4, 0.5) is 5.69 Å². The number of imidazole rings is 1. The van der Waals surface area contributed by atoms with Gasteiger partial charge in [0.1, 0.15) is 17.6 Å². The molecule has 1 aliphatic heterocycles. The van der Waals surface area contributed by atoms with Gasteiger partial charge in [-0.15, -0.1) is 0 Å². The molecule has 3 N–H and O–H groups in total. The van der Waals surface area contributed by atoms with Gasteiger partial charge in [-0.2, -0.15) is 0 Å². The number of aromatic amines is 1. The van der Waals surface area contributed by atoms with Crippen molar-refractivity contribution in [2.24, 2.45) is 17.8 Å². The van der Waals surface area contributed by atoms with E-state index in [1.165, 1.54) is 0 Å². The average molecular weight is 477 g/mol. The SMILES string of the molecule is O=CC1C2C=CC(C2)C1Nc1c(Cl)cnc2nc(-c3ccc(C(=O)N4CCNCC4)cc3)[nH]c12. The molecular weight excluding hydrogens is 452 g/mol. The zero-order valence-electron chi connectivity index (χ0n) is 18.5. The largest absolute Gasteiger partial charge is 0.378 e. The number of amides is 1. The first-order chi connectivity index (χ1) is 16.6. The third-order valence-electron chi connectivity index (χ3n) is 7.27. The predicted octanol–water partition coefficient (Wildman–Crippen LogP) is 3.13. The highest BCUT2D eigenvalue weighted by molar-refractivity contribution is 6.34. The van der Waals surface area contributed by atoms with Gasteiger partial charge in [-0.25, -0.2) is 9.97 Å². The smallest absolute Gasteiger partial charge is 0.253 e. The number of anilines is 1. The maximum absolute atomic E-state index is 12.8. The summed E-state index contributed by atoms with van der Waals surface area (Å²) in [5.41, 5.74) is 3.48. The summed E-state index contributed by atoms with van der Waals surface area (Å²) < 4.78 is 0. The van der Waals surface area contributed by atoms with Gasteiger partial charge in [0, 0.05) is 49.3 Å². The molecule has 1 saturated heterocycles. The van der Waals surface area contributed by atoms with Crippen molar-refractivity contribution in [1.29, 1.82) is 0 Å². The molecule has 2 fully saturated rings. The van der Waals surface area contributed by atoms with Crippen molar-refractivity contribution >= 4 is 40.6 Å². The number of piperazine rings is 1. The molecule has 8 nitrogen and oxygen atoms in total. The van der Waals surface area contributed by atoms with Crippen molar-refractivity contribution in [3.05, 3.63) is 53.2 Å². The van der Waals surface area contributed by atoms with E-state index in [1.54, 1.807) is 6.20 Å². The average Bonchev–Trinajstić information content (AvgIpc) is 3.61. The third-order valence-corrected chi connectivity index (χ3v) is 7.56. The van der Waals surface area contributed by atoms with Gasteiger partial charge in [0.15, 0.2) is 5.65 Å². The Morgan fingerprint density at radius 3 is 2.68 bits per heavy atom. The summed E-state index contributed by atoms with van der Waals surface area (Å²) in [4.78, 5) is 38.8. The Hall–Kier alpha value is -3.23. The summed E-state index contributed by atoms with van der Waals surface area (Å²) in [7, 11) is 0. The Morgan fingerprint density at radius 2 is 1.91 bits per heavy atom. The van der Waals surface area contributed by atoms with E-state index in [4.69, 9.17) is 11.6 Å². The molecule has 2 aliphatic carbocycles. The number of halogens is 1. The minimum Gasteiger partial charge on any atom is -0.378 e. The van der Waals surface area contributed by atoms with Crippen LogP contribution in [0.25, 0.3) is 22.6 Å². The number of aldehydes is 1. The monoisotopic (exact) mass is 476 g/mol. The van der Waals surface area contributed by atoms with Crippen LogP contribution in [-0.2, 0) is 4.79 Å². The predicted molar refractivity (Wildman–Crippen MR) is 131 cm³/mol. The second kappa shape index (κ2) is 8.52. The van der Waals surface area contributed by atoms with Crippen molar-refractivity contribution in [2.75, 3.05) is 31.5 Å². The highest BCUT2D eigenvalue weighted by Crippen LogP contribution is 2.45. The van der Waals surface area contributed by atoms with E-state index in [0.29, 0.717) is 39.2 Å². The zero-order valence-corrected chi connectivity index (χ0v) is 19.3. The number of hydrogen-bond acceptors (Lipinski definition) is 6. The number of carbonyl (C=O) groups is 2. The zero-order chi connectivity index (χ0) is 23.2. The van der Waals surface area contributed by atoms with Gasteiger partial charge in [0.05, 0.1) is 16.9 Å². The number of aromatic nitrogens is 3. The lowest BCUT2D eigenvalue weighted by Crippen LogP contribution is -2.46. The van der Waals surface area contributed by atoms with Crippen molar-refractivity contribution < 1.29 is 9.59 Å². The number of hydrogen-bond donors (Lipinski definition) is 3. The quantitative estimate of drug-likeness (QED) is 0.386. The fourth-order valence-electron chi connectivity index (χ4n) is 5.45. The van der Waals surface area contributed by atoms with Gasteiger partial charge in [-0.05, 0) is 30.4 Å². The molecule has 9 heteroatoms. The van der Waals surface area contributed by atoms with E-state index < -0.39 is 0 Å². The highest BCUT2D eigenvalue weighted by atomic mass is 35.5. The number of nitrogens with zero attached hydrogens (tertiary/aromatic N) is 3. The Morgan fingerprint density at radius 1 is 1.15 bits per heavy atom. The first kappa shape index (κ1) is 21.3. The van der Waals surface area contributed by atoms with Gasteiger partial charge < -0.3 is 25.3 Å². The first-order valence-corrected chi connectivity index (χ1v) is 12.0. The van der Waals surface area contributed by atoms with Crippen LogP contribution in [0, 0.1) is 17.8 Å². The molecule has 3 aromatic rings. The normalized spacial score (nSPS) is 25.7. The number of pyridine rings is 1. The van der Waals surface area contributed by atoms with Crippen molar-refractivity contribution in [3.8, 4) is 11.4 Å². The van der Waals surface area contributed by atoms with Crippen molar-refractivity contribution in [2.45, 2.75) is 12.5 Å². The molecule has 3 aliphatic rings. The topological polar surface area (TPSA) is 103 Å². The molecule has 1 amide bonds. The van der Waals surface area contributed by atoms with Gasteiger partial charge in [0.2, 0.25) is 0 Å². The standard InChI is InChI=1S/C25H25ClN6O2/c26-19-12-28-24-22(21(19)29-20-17-6-5-16(11-17)18(20)13-33)30-23(31-24)14-1-3-15(4-2-14)25(34)32-9-7-27-8-10-32/h1-6,12-13,16-18,20,27H,7-11H2,(H2,28,29,30,31). The fourth-order valence-corrected chi connectivity index (χ4v) is 5.65. The molecule has 4 atom stereocenters. The lowest BCUT2D eigenvalue weighted by Gasteiger charge is -2.27. The minimum atomic E-state index is -0.0718. The summed E-state index contributed by atoms with van der Waals surface area (Å²) in [6.45, 7) is 3.08. The highest BCUT2D eigenvalue weighted by Gasteiger charge is 2.44. The first-order valence-electron chi connectivity index (χ1n) is 11.7. The molecule has 34 heavy (non-hydrogen) atoms. The molecule has 1 aromatic carbocycles. The molecule has 1 saturated carbocycles. The van der Waals surface area contributed by atoms with Gasteiger partial charge in [-0.3, -0.25) is 4.79 Å². The lowest BCUT2D eigenvalue weighted by molar-refractivity contribution is -0.111. The molecule has 2 aromatic heterocycles. The molecule has 174 valence electrons. The molecule has 6 rings (SSSR count). The van der Waals surface area contributed by atoms with Crippen LogP contribution in [-0.4, -0.2) is 64.3 Å². The fraction of sp³-hybridized carbons (Fsp3) is 0.360. The van der Waals surface area contributed by atoms with Crippen molar-refractivity contribution in [3.63, 3.8) is 0 Å². The Bertz CT molecular complexity index is 1280. The van der Waals surface area contributed by atoms with Crippen LogP contribution in [0.3, 0.4) is 0 Å². The summed E-state index contributed by atoms with van der Waals surface area (Å²) in [5.74, 6) is 1.21. The van der Waals surface area contributed by atoms with E-state index in [2.05, 4.69) is 37.7 Å². The second-order valence-corrected chi connectivity index (χ2v) is 9.62. The molecule has 2 bridgehead atoms. The minimum absolute atomic E-state index is 0.00219. The van der Waals surface area contributed by atoms with E-state index in [0.717, 1.165) is 44.4 Å². The van der Waals surface area contributed by atoms with Gasteiger partial charge in [-0.1, -0.05) is 35.9 Å². The molecule has 0 spiro atoms. The van der Waals surface area contributed by atoms with Crippen LogP contribution >= 0.6 is 11.6 Å². The van der Waals surface area contributed by atoms with Crippen LogP contribution in [0.5, 0.6) is 0 Å². The maximum atomic E-state index is 12.8. The van der Waals surface area contributed by atoms with E-state index in [-0.39, 0.29) is 23.8 Å².